The van der Waals surface area contributed by atoms with E-state index in [-0.39, 0.29) is 39.3 Å². The Morgan fingerprint density at radius 2 is 1.21 bits per heavy atom. The van der Waals surface area contributed by atoms with Crippen LogP contribution in [-0.4, -0.2) is 49.4 Å². The van der Waals surface area contributed by atoms with E-state index >= 15 is 0 Å². The third kappa shape index (κ3) is 9.39. The van der Waals surface area contributed by atoms with Gasteiger partial charge in [0, 0.05) is 13.3 Å². The van der Waals surface area contributed by atoms with Crippen molar-refractivity contribution in [2.24, 2.45) is 0 Å². The number of hydrogen-bond donors (Lipinski definition) is 1. The van der Waals surface area contributed by atoms with Crippen molar-refractivity contribution >= 4 is 39.1 Å². The first kappa shape index (κ1) is 27.6. The molecule has 0 aromatic heterocycles. The maximum absolute atomic E-state index is 13.3. The van der Waals surface area contributed by atoms with Crippen molar-refractivity contribution in [3.8, 4) is 0 Å². The first-order valence-corrected chi connectivity index (χ1v) is 12.6. The van der Waals surface area contributed by atoms with Crippen LogP contribution in [0.2, 0.25) is 0 Å². The molecule has 10 nitrogen and oxygen atoms in total. The fourth-order valence-electron chi connectivity index (χ4n) is 2.28. The maximum atomic E-state index is 13.3. The van der Waals surface area contributed by atoms with Crippen molar-refractivity contribution in [3.63, 3.8) is 0 Å². The van der Waals surface area contributed by atoms with Crippen molar-refractivity contribution in [1.82, 2.24) is 0 Å². The Morgan fingerprint density at radius 1 is 0.821 bits per heavy atom. The Bertz CT molecular complexity index is 535. The molecule has 0 amide bonds. The lowest BCUT2D eigenvalue weighted by Crippen LogP contribution is -2.22. The van der Waals surface area contributed by atoms with Gasteiger partial charge >= 0.3 is 26.5 Å². The van der Waals surface area contributed by atoms with Gasteiger partial charge in [-0.2, -0.15) is 0 Å². The molecule has 0 saturated carbocycles. The summed E-state index contributed by atoms with van der Waals surface area (Å²) in [4.78, 5) is 22.8. The van der Waals surface area contributed by atoms with Crippen molar-refractivity contribution < 1.29 is 46.3 Å². The third-order valence-corrected chi connectivity index (χ3v) is 9.39. The molecule has 0 bridgehead atoms. The molecule has 1 atom stereocenters. The normalized spacial score (nSPS) is 13.4. The van der Waals surface area contributed by atoms with Gasteiger partial charge < -0.3 is 27.6 Å². The summed E-state index contributed by atoms with van der Waals surface area (Å²) in [5.74, 6) is -0.772. The Kier molecular flexibility index (Phi) is 13.5. The van der Waals surface area contributed by atoms with E-state index in [9.17, 15) is 18.7 Å². The van der Waals surface area contributed by atoms with Gasteiger partial charge in [-0.15, -0.1) is 0 Å². The molecule has 28 heavy (non-hydrogen) atoms. The minimum atomic E-state index is -3.94. The number of esters is 1. The van der Waals surface area contributed by atoms with E-state index in [1.807, 2.05) is 0 Å². The van der Waals surface area contributed by atoms with Crippen LogP contribution >= 0.6 is 27.8 Å². The van der Waals surface area contributed by atoms with Crippen LogP contribution in [0.25, 0.3) is 0 Å². The summed E-state index contributed by atoms with van der Waals surface area (Å²) >= 11 is 3.42. The number of rotatable bonds is 15. The van der Waals surface area contributed by atoms with Crippen LogP contribution in [0.5, 0.6) is 0 Å². The van der Waals surface area contributed by atoms with Crippen LogP contribution < -0.4 is 0 Å². The predicted octanol–water partition coefficient (Wildman–Crippen LogP) is 4.58. The Labute approximate surface area is 171 Å². The van der Waals surface area contributed by atoms with Crippen LogP contribution in [0, 0.1) is 0 Å². The summed E-state index contributed by atoms with van der Waals surface area (Å²) in [6.45, 7) is 7.90. The van der Waals surface area contributed by atoms with E-state index in [0.717, 1.165) is 0 Å². The Hall–Kier alpha value is -0.410. The molecule has 0 rings (SSSR count). The quantitative estimate of drug-likeness (QED) is 0.159. The van der Waals surface area contributed by atoms with Crippen LogP contribution in [0.15, 0.2) is 0 Å². The van der Waals surface area contributed by atoms with E-state index in [1.165, 1.54) is 6.92 Å². The number of hydrogen-bond acceptors (Lipinski definition) is 10. The second kappa shape index (κ2) is 13.7. The van der Waals surface area contributed by atoms with Gasteiger partial charge in [0.25, 0.3) is 0 Å². The summed E-state index contributed by atoms with van der Waals surface area (Å²) in [6, 6.07) is 0. The lowest BCUT2D eigenvalue weighted by Gasteiger charge is -2.31. The molecule has 0 N–H and O–H groups in total. The van der Waals surface area contributed by atoms with Crippen LogP contribution in [-0.2, 0) is 41.5 Å². The molecule has 0 fully saturated rings. The molecule has 1 unspecified atom stereocenters. The molecular formula is C15H30O10P2S. The number of thiol groups is 1. The van der Waals surface area contributed by atoms with Crippen LogP contribution in [0.4, 0.5) is 4.79 Å². The Morgan fingerprint density at radius 3 is 1.54 bits per heavy atom. The van der Waals surface area contributed by atoms with Crippen LogP contribution in [0.3, 0.4) is 0 Å². The van der Waals surface area contributed by atoms with Crippen molar-refractivity contribution in [3.05, 3.63) is 0 Å². The molecule has 13 heteroatoms. The molecule has 0 aliphatic rings. The van der Waals surface area contributed by atoms with Gasteiger partial charge in [0.1, 0.15) is 0 Å². The second-order valence-corrected chi connectivity index (χ2v) is 10.4. The number of carbonyl (C=O) groups excluding carboxylic acids is 2. The molecule has 0 radical (unpaired) electrons. The van der Waals surface area contributed by atoms with Crippen LogP contribution in [0.1, 0.15) is 47.5 Å². The molecule has 0 aliphatic carbocycles. The summed E-state index contributed by atoms with van der Waals surface area (Å²) in [5, 5.41) is -2.23. The molecule has 0 aliphatic heterocycles. The summed E-state index contributed by atoms with van der Waals surface area (Å²) in [7, 11) is -7.88. The largest absolute Gasteiger partial charge is 0.425 e. The molecule has 0 saturated heterocycles. The molecule has 0 heterocycles. The van der Waals surface area contributed by atoms with E-state index in [2.05, 4.69) is 17.4 Å². The standard InChI is InChI=1S/C15H30O10P2S/c1-6-20-26(18,21-7-2)14(27(19,22-8-3)23-9-4)11-10-13(16)24-12(5)25-15(17)28/h12,14H,6-11H2,1-5H3,(H,17,28). The smallest absolute Gasteiger partial charge is 0.367 e. The van der Waals surface area contributed by atoms with Gasteiger partial charge in [0.15, 0.2) is 5.40 Å². The zero-order valence-electron chi connectivity index (χ0n) is 16.8. The molecule has 166 valence electrons. The second-order valence-electron chi connectivity index (χ2n) is 5.21. The van der Waals surface area contributed by atoms with E-state index in [0.29, 0.717) is 0 Å². The molecule has 0 spiro atoms. The highest BCUT2D eigenvalue weighted by Crippen LogP contribution is 2.71. The van der Waals surface area contributed by atoms with Crippen molar-refractivity contribution in [2.45, 2.75) is 59.2 Å². The summed E-state index contributed by atoms with van der Waals surface area (Å²) < 4.78 is 57.3. The fraction of sp³-hybridized carbons (Fsp3) is 0.867. The molecule has 0 aromatic rings. The highest BCUT2D eigenvalue weighted by Gasteiger charge is 2.50. The highest BCUT2D eigenvalue weighted by molar-refractivity contribution is 7.96. The first-order chi connectivity index (χ1) is 13.1. The highest BCUT2D eigenvalue weighted by atomic mass is 32.1. The predicted molar refractivity (Wildman–Crippen MR) is 106 cm³/mol. The first-order valence-electron chi connectivity index (χ1n) is 8.95. The number of ether oxygens (including phenoxy) is 2. The van der Waals surface area contributed by atoms with Gasteiger partial charge in [0.2, 0.25) is 6.29 Å². The maximum Gasteiger partial charge on any atom is 0.367 e. The minimum absolute atomic E-state index is 0.0331. The zero-order chi connectivity index (χ0) is 21.8. The zero-order valence-corrected chi connectivity index (χ0v) is 19.5. The van der Waals surface area contributed by atoms with Gasteiger partial charge in [-0.1, -0.05) is 12.6 Å². The van der Waals surface area contributed by atoms with Gasteiger partial charge in [-0.3, -0.25) is 13.9 Å². The molecule has 0 aromatic carbocycles. The van der Waals surface area contributed by atoms with Crippen molar-refractivity contribution in [1.29, 1.82) is 0 Å². The minimum Gasteiger partial charge on any atom is -0.425 e. The Balaban J connectivity index is 5.55. The van der Waals surface area contributed by atoms with Crippen molar-refractivity contribution in [2.75, 3.05) is 26.4 Å². The number of carbonyl (C=O) groups is 2. The topological polar surface area (TPSA) is 124 Å². The average Bonchev–Trinajstić information content (AvgIpc) is 2.54. The van der Waals surface area contributed by atoms with Gasteiger partial charge in [-0.25, -0.2) is 4.79 Å². The lowest BCUT2D eigenvalue weighted by atomic mass is 10.3. The lowest BCUT2D eigenvalue weighted by molar-refractivity contribution is -0.163. The average molecular weight is 464 g/mol. The monoisotopic (exact) mass is 464 g/mol. The third-order valence-electron chi connectivity index (χ3n) is 3.14. The van der Waals surface area contributed by atoms with E-state index in [4.69, 9.17) is 22.8 Å². The SMILES string of the molecule is CCOP(=O)(OCC)C(CCC(=O)OC(C)OC(=O)S)P(=O)(OCC)OCC. The van der Waals surface area contributed by atoms with E-state index in [1.54, 1.807) is 27.7 Å². The van der Waals surface area contributed by atoms with Gasteiger partial charge in [-0.05, 0) is 34.1 Å². The molecular weight excluding hydrogens is 434 g/mol. The fourth-order valence-corrected chi connectivity index (χ4v) is 7.79. The summed E-state index contributed by atoms with van der Waals surface area (Å²) in [5.41, 5.74) is 0. The van der Waals surface area contributed by atoms with E-state index < -0.39 is 38.2 Å². The van der Waals surface area contributed by atoms with Gasteiger partial charge in [0.05, 0.1) is 26.4 Å². The summed E-state index contributed by atoms with van der Waals surface area (Å²) in [6.07, 6.45) is -1.69.